The molecule has 1 N–H and O–H groups in total. The van der Waals surface area contributed by atoms with Gasteiger partial charge in [0.25, 0.3) is 0 Å². The van der Waals surface area contributed by atoms with E-state index in [1.54, 1.807) is 0 Å². The first-order chi connectivity index (χ1) is 7.77. The molecular formula is C13H23NO2. The van der Waals surface area contributed by atoms with Gasteiger partial charge in [0.15, 0.2) is 0 Å². The minimum absolute atomic E-state index is 0.331. The van der Waals surface area contributed by atoms with Crippen molar-refractivity contribution in [1.82, 2.24) is 4.57 Å². The Balaban J connectivity index is 2.24. The molecule has 0 spiro atoms. The van der Waals surface area contributed by atoms with Gasteiger partial charge in [-0.3, -0.25) is 0 Å². The Hall–Kier alpha value is -0.800. The Kier molecular flexibility index (Phi) is 6.19. The smallest absolute Gasteiger partial charge is 0.0802 e. The quantitative estimate of drug-likeness (QED) is 0.690. The number of rotatable bonds is 8. The molecule has 1 aromatic heterocycles. The van der Waals surface area contributed by atoms with E-state index >= 15 is 0 Å². The molecule has 0 saturated heterocycles. The number of nitrogens with zero attached hydrogens (tertiary/aromatic N) is 1. The zero-order valence-electron chi connectivity index (χ0n) is 10.4. The third-order valence-corrected chi connectivity index (χ3v) is 2.68. The fraction of sp³-hybridized carbons (Fsp3) is 0.692. The maximum atomic E-state index is 9.64. The second-order valence-electron chi connectivity index (χ2n) is 4.07. The lowest BCUT2D eigenvalue weighted by Gasteiger charge is -2.06. The number of unbranched alkanes of at least 4 members (excludes halogenated alkanes) is 1. The summed E-state index contributed by atoms with van der Waals surface area (Å²) in [6.07, 6.45) is 6.73. The first kappa shape index (κ1) is 13.3. The summed E-state index contributed by atoms with van der Waals surface area (Å²) in [7, 11) is 0. The third-order valence-electron chi connectivity index (χ3n) is 2.68. The van der Waals surface area contributed by atoms with Crippen molar-refractivity contribution in [3.63, 3.8) is 0 Å². The van der Waals surface area contributed by atoms with E-state index in [2.05, 4.69) is 11.5 Å². The molecule has 1 rings (SSSR count). The monoisotopic (exact) mass is 225 g/mol. The second kappa shape index (κ2) is 7.47. The highest BCUT2D eigenvalue weighted by atomic mass is 16.5. The predicted octanol–water partition coefficient (Wildman–Crippen LogP) is 2.75. The van der Waals surface area contributed by atoms with Gasteiger partial charge in [-0.1, -0.05) is 20.3 Å². The van der Waals surface area contributed by atoms with Crippen molar-refractivity contribution in [1.29, 1.82) is 0 Å². The third kappa shape index (κ3) is 4.37. The SMILES string of the molecule is CCCCOCCn1ccc(C(O)CC)c1. The Morgan fingerprint density at radius 1 is 1.38 bits per heavy atom. The van der Waals surface area contributed by atoms with E-state index in [9.17, 15) is 5.11 Å². The van der Waals surface area contributed by atoms with Crippen LogP contribution >= 0.6 is 0 Å². The van der Waals surface area contributed by atoms with E-state index in [1.807, 2.05) is 25.4 Å². The molecule has 16 heavy (non-hydrogen) atoms. The minimum Gasteiger partial charge on any atom is -0.388 e. The molecule has 0 amide bonds. The molecule has 1 atom stereocenters. The lowest BCUT2D eigenvalue weighted by Crippen LogP contribution is -2.05. The number of aliphatic hydroxyl groups excluding tert-OH is 1. The van der Waals surface area contributed by atoms with Crippen molar-refractivity contribution < 1.29 is 9.84 Å². The van der Waals surface area contributed by atoms with Crippen LogP contribution in [-0.4, -0.2) is 22.9 Å². The summed E-state index contributed by atoms with van der Waals surface area (Å²) in [5, 5.41) is 9.64. The minimum atomic E-state index is -0.331. The molecule has 1 aromatic rings. The molecule has 0 fully saturated rings. The summed E-state index contributed by atoms with van der Waals surface area (Å²) in [5.74, 6) is 0. The van der Waals surface area contributed by atoms with Crippen LogP contribution in [0.15, 0.2) is 18.5 Å². The van der Waals surface area contributed by atoms with E-state index in [0.717, 1.165) is 38.2 Å². The highest BCUT2D eigenvalue weighted by Crippen LogP contribution is 2.15. The van der Waals surface area contributed by atoms with Gasteiger partial charge in [-0.05, 0) is 24.5 Å². The van der Waals surface area contributed by atoms with Gasteiger partial charge in [-0.15, -0.1) is 0 Å². The number of ether oxygens (including phenoxy) is 1. The molecule has 0 bridgehead atoms. The van der Waals surface area contributed by atoms with Crippen LogP contribution in [0, 0.1) is 0 Å². The first-order valence-electron chi connectivity index (χ1n) is 6.19. The second-order valence-corrected chi connectivity index (χ2v) is 4.07. The predicted molar refractivity (Wildman–Crippen MR) is 65.4 cm³/mol. The summed E-state index contributed by atoms with van der Waals surface area (Å²) in [5.41, 5.74) is 0.996. The van der Waals surface area contributed by atoms with Crippen LogP contribution in [0.25, 0.3) is 0 Å². The van der Waals surface area contributed by atoms with Crippen molar-refractivity contribution in [3.05, 3.63) is 24.0 Å². The molecule has 1 heterocycles. The van der Waals surface area contributed by atoms with Gasteiger partial charge >= 0.3 is 0 Å². The molecule has 0 saturated carbocycles. The standard InChI is InChI=1S/C13H23NO2/c1-3-5-9-16-10-8-14-7-6-12(11-14)13(15)4-2/h6-7,11,13,15H,3-5,8-10H2,1-2H3. The van der Waals surface area contributed by atoms with Crippen LogP contribution in [0.3, 0.4) is 0 Å². The average molecular weight is 225 g/mol. The van der Waals surface area contributed by atoms with E-state index in [-0.39, 0.29) is 6.10 Å². The maximum Gasteiger partial charge on any atom is 0.0802 e. The van der Waals surface area contributed by atoms with Gasteiger partial charge < -0.3 is 14.4 Å². The van der Waals surface area contributed by atoms with Crippen molar-refractivity contribution in [2.75, 3.05) is 13.2 Å². The molecule has 3 heteroatoms. The summed E-state index contributed by atoms with van der Waals surface area (Å²) in [6.45, 7) is 6.60. The lowest BCUT2D eigenvalue weighted by molar-refractivity contribution is 0.123. The molecule has 0 aliphatic heterocycles. The number of hydrogen-bond acceptors (Lipinski definition) is 2. The Labute approximate surface area is 98.0 Å². The number of hydrogen-bond donors (Lipinski definition) is 1. The molecule has 0 radical (unpaired) electrons. The molecule has 0 aliphatic carbocycles. The Morgan fingerprint density at radius 3 is 2.88 bits per heavy atom. The van der Waals surface area contributed by atoms with Crippen LogP contribution in [0.2, 0.25) is 0 Å². The van der Waals surface area contributed by atoms with Gasteiger partial charge in [0.05, 0.1) is 12.7 Å². The van der Waals surface area contributed by atoms with Crippen LogP contribution in [-0.2, 0) is 11.3 Å². The summed E-state index contributed by atoms with van der Waals surface area (Å²) in [6, 6.07) is 1.97. The summed E-state index contributed by atoms with van der Waals surface area (Å²) >= 11 is 0. The zero-order chi connectivity index (χ0) is 11.8. The van der Waals surface area contributed by atoms with E-state index in [4.69, 9.17) is 4.74 Å². The van der Waals surface area contributed by atoms with Crippen LogP contribution in [0.1, 0.15) is 44.8 Å². The molecule has 0 aromatic carbocycles. The van der Waals surface area contributed by atoms with Crippen molar-refractivity contribution in [2.45, 2.75) is 45.8 Å². The summed E-state index contributed by atoms with van der Waals surface area (Å²) < 4.78 is 7.56. The van der Waals surface area contributed by atoms with Crippen LogP contribution in [0.5, 0.6) is 0 Å². The maximum absolute atomic E-state index is 9.64. The summed E-state index contributed by atoms with van der Waals surface area (Å²) in [4.78, 5) is 0. The lowest BCUT2D eigenvalue weighted by atomic mass is 10.1. The van der Waals surface area contributed by atoms with Crippen molar-refractivity contribution in [3.8, 4) is 0 Å². The fourth-order valence-electron chi connectivity index (χ4n) is 1.55. The number of aromatic nitrogens is 1. The van der Waals surface area contributed by atoms with Gasteiger partial charge in [-0.25, -0.2) is 0 Å². The van der Waals surface area contributed by atoms with Gasteiger partial charge in [-0.2, -0.15) is 0 Å². The van der Waals surface area contributed by atoms with E-state index in [1.165, 1.54) is 6.42 Å². The van der Waals surface area contributed by atoms with Crippen LogP contribution < -0.4 is 0 Å². The van der Waals surface area contributed by atoms with E-state index in [0.29, 0.717) is 0 Å². The van der Waals surface area contributed by atoms with E-state index < -0.39 is 0 Å². The molecule has 3 nitrogen and oxygen atoms in total. The molecule has 1 unspecified atom stereocenters. The van der Waals surface area contributed by atoms with Crippen molar-refractivity contribution in [2.24, 2.45) is 0 Å². The highest BCUT2D eigenvalue weighted by molar-refractivity contribution is 5.13. The molecule has 92 valence electrons. The zero-order valence-corrected chi connectivity index (χ0v) is 10.4. The largest absolute Gasteiger partial charge is 0.388 e. The Bertz CT molecular complexity index is 283. The van der Waals surface area contributed by atoms with Crippen LogP contribution in [0.4, 0.5) is 0 Å². The fourth-order valence-corrected chi connectivity index (χ4v) is 1.55. The van der Waals surface area contributed by atoms with Gasteiger partial charge in [0, 0.05) is 25.5 Å². The first-order valence-corrected chi connectivity index (χ1v) is 6.19. The average Bonchev–Trinajstić information content (AvgIpc) is 2.76. The Morgan fingerprint density at radius 2 is 2.19 bits per heavy atom. The topological polar surface area (TPSA) is 34.4 Å². The van der Waals surface area contributed by atoms with Gasteiger partial charge in [0.1, 0.15) is 0 Å². The molecule has 0 aliphatic rings. The normalized spacial score (nSPS) is 12.9. The number of aliphatic hydroxyl groups is 1. The highest BCUT2D eigenvalue weighted by Gasteiger charge is 2.05. The van der Waals surface area contributed by atoms with Gasteiger partial charge in [0.2, 0.25) is 0 Å². The molecular weight excluding hydrogens is 202 g/mol. The van der Waals surface area contributed by atoms with Crippen molar-refractivity contribution >= 4 is 0 Å².